The number of aromatic nitrogens is 1. The third-order valence-electron chi connectivity index (χ3n) is 3.91. The largest absolute Gasteiger partial charge is 0.357 e. The van der Waals surface area contributed by atoms with Gasteiger partial charge in [0.05, 0.1) is 6.54 Å². The Hall–Kier alpha value is -2.55. The maximum absolute atomic E-state index is 12.5. The second kappa shape index (κ2) is 11.1. The van der Waals surface area contributed by atoms with Gasteiger partial charge in [0, 0.05) is 34.3 Å². The number of hydrogen-bond acceptors (Lipinski definition) is 1. The van der Waals surface area contributed by atoms with Gasteiger partial charge in [-0.3, -0.25) is 4.79 Å². The standard InChI is InChI=1S/C17H14N2O.3C2H6/c20-17(12-6-2-1-3-7-12)19-10-14-13-8-4-5-9-15(13)18-16(14)11-19;3*1-2/h1-9,18H,10-11H2;3*1-2H3. The third kappa shape index (κ3) is 4.54. The monoisotopic (exact) mass is 352 g/mol. The van der Waals surface area contributed by atoms with Crippen LogP contribution in [0.4, 0.5) is 0 Å². The van der Waals surface area contributed by atoms with E-state index in [1.54, 1.807) is 0 Å². The van der Waals surface area contributed by atoms with E-state index < -0.39 is 0 Å². The molecular weight excluding hydrogens is 320 g/mol. The number of carbonyl (C=O) groups is 1. The van der Waals surface area contributed by atoms with Gasteiger partial charge in [0.1, 0.15) is 0 Å². The Labute approximate surface area is 158 Å². The van der Waals surface area contributed by atoms with Gasteiger partial charge in [0.25, 0.3) is 5.91 Å². The molecule has 1 aliphatic heterocycles. The molecule has 0 atom stereocenters. The lowest BCUT2D eigenvalue weighted by atomic mass is 10.1. The molecule has 0 aliphatic carbocycles. The molecule has 3 heteroatoms. The normalized spacial score (nSPS) is 11.2. The first-order valence-electron chi connectivity index (χ1n) is 9.76. The molecule has 0 saturated carbocycles. The summed E-state index contributed by atoms with van der Waals surface area (Å²) in [7, 11) is 0. The van der Waals surface area contributed by atoms with Crippen molar-refractivity contribution in [1.29, 1.82) is 0 Å². The molecule has 3 aromatic rings. The van der Waals surface area contributed by atoms with Crippen molar-refractivity contribution in [3.63, 3.8) is 0 Å². The minimum atomic E-state index is 0.0966. The smallest absolute Gasteiger partial charge is 0.254 e. The molecule has 4 rings (SSSR count). The molecule has 0 spiro atoms. The molecular formula is C23H32N2O. The summed E-state index contributed by atoms with van der Waals surface area (Å²) in [6.07, 6.45) is 0. The van der Waals surface area contributed by atoms with E-state index >= 15 is 0 Å². The van der Waals surface area contributed by atoms with Crippen molar-refractivity contribution in [2.75, 3.05) is 0 Å². The van der Waals surface area contributed by atoms with Crippen molar-refractivity contribution in [1.82, 2.24) is 9.88 Å². The molecule has 0 saturated heterocycles. The third-order valence-corrected chi connectivity index (χ3v) is 3.91. The fraction of sp³-hybridized carbons (Fsp3) is 0.348. The van der Waals surface area contributed by atoms with E-state index in [0.29, 0.717) is 13.1 Å². The highest BCUT2D eigenvalue weighted by atomic mass is 16.2. The number of rotatable bonds is 1. The minimum absolute atomic E-state index is 0.0966. The summed E-state index contributed by atoms with van der Waals surface area (Å²) in [6, 6.07) is 17.7. The Morgan fingerprint density at radius 3 is 2.04 bits per heavy atom. The topological polar surface area (TPSA) is 36.1 Å². The maximum Gasteiger partial charge on any atom is 0.254 e. The fourth-order valence-electron chi connectivity index (χ4n) is 2.92. The molecule has 1 amide bonds. The molecule has 140 valence electrons. The van der Waals surface area contributed by atoms with Crippen LogP contribution in [-0.4, -0.2) is 15.8 Å². The number of nitrogens with zero attached hydrogens (tertiary/aromatic N) is 1. The zero-order chi connectivity index (χ0) is 19.5. The van der Waals surface area contributed by atoms with Crippen LogP contribution in [0, 0.1) is 0 Å². The summed E-state index contributed by atoms with van der Waals surface area (Å²) in [5.74, 6) is 0.0966. The predicted octanol–water partition coefficient (Wildman–Crippen LogP) is 6.40. The van der Waals surface area contributed by atoms with Gasteiger partial charge in [-0.05, 0) is 18.2 Å². The van der Waals surface area contributed by atoms with Crippen LogP contribution in [0.3, 0.4) is 0 Å². The van der Waals surface area contributed by atoms with Crippen molar-refractivity contribution in [3.8, 4) is 0 Å². The number of para-hydroxylation sites is 1. The van der Waals surface area contributed by atoms with Crippen LogP contribution in [0.5, 0.6) is 0 Å². The highest BCUT2D eigenvalue weighted by molar-refractivity contribution is 5.95. The summed E-state index contributed by atoms with van der Waals surface area (Å²) in [5.41, 5.74) is 4.33. The first-order valence-corrected chi connectivity index (χ1v) is 9.76. The average molecular weight is 353 g/mol. The van der Waals surface area contributed by atoms with Crippen LogP contribution < -0.4 is 0 Å². The number of nitrogens with one attached hydrogen (secondary N) is 1. The van der Waals surface area contributed by atoms with E-state index in [9.17, 15) is 4.79 Å². The minimum Gasteiger partial charge on any atom is -0.357 e. The number of hydrogen-bond donors (Lipinski definition) is 1. The number of carbonyl (C=O) groups excluding carboxylic acids is 1. The number of aromatic amines is 1. The van der Waals surface area contributed by atoms with E-state index in [-0.39, 0.29) is 5.91 Å². The van der Waals surface area contributed by atoms with Gasteiger partial charge in [-0.2, -0.15) is 0 Å². The van der Waals surface area contributed by atoms with Gasteiger partial charge in [-0.1, -0.05) is 77.9 Å². The van der Waals surface area contributed by atoms with Crippen molar-refractivity contribution < 1.29 is 4.79 Å². The van der Waals surface area contributed by atoms with E-state index in [0.717, 1.165) is 16.8 Å². The van der Waals surface area contributed by atoms with Crippen LogP contribution in [0.2, 0.25) is 0 Å². The van der Waals surface area contributed by atoms with Gasteiger partial charge in [-0.15, -0.1) is 0 Å². The molecule has 26 heavy (non-hydrogen) atoms. The summed E-state index contributed by atoms with van der Waals surface area (Å²) in [4.78, 5) is 17.8. The SMILES string of the molecule is CC.CC.CC.O=C(c1ccccc1)N1Cc2[nH]c3ccccc3c2C1. The van der Waals surface area contributed by atoms with Crippen molar-refractivity contribution in [3.05, 3.63) is 71.4 Å². The summed E-state index contributed by atoms with van der Waals surface area (Å²) in [5, 5.41) is 1.23. The quantitative estimate of drug-likeness (QED) is 0.540. The molecule has 1 aliphatic rings. The van der Waals surface area contributed by atoms with Crippen LogP contribution in [0.25, 0.3) is 10.9 Å². The summed E-state index contributed by atoms with van der Waals surface area (Å²) in [6.45, 7) is 13.4. The maximum atomic E-state index is 12.5. The van der Waals surface area contributed by atoms with Gasteiger partial charge in [-0.25, -0.2) is 0 Å². The lowest BCUT2D eigenvalue weighted by Gasteiger charge is -2.15. The lowest BCUT2D eigenvalue weighted by molar-refractivity contribution is 0.0750. The second-order valence-electron chi connectivity index (χ2n) is 5.15. The number of amides is 1. The first-order chi connectivity index (χ1) is 12.8. The van der Waals surface area contributed by atoms with Crippen LogP contribution >= 0.6 is 0 Å². The zero-order valence-corrected chi connectivity index (χ0v) is 17.0. The van der Waals surface area contributed by atoms with Crippen LogP contribution in [-0.2, 0) is 13.1 Å². The van der Waals surface area contributed by atoms with Crippen LogP contribution in [0.15, 0.2) is 54.6 Å². The molecule has 1 aromatic heterocycles. The van der Waals surface area contributed by atoms with Gasteiger partial charge >= 0.3 is 0 Å². The van der Waals surface area contributed by atoms with Crippen molar-refractivity contribution in [2.24, 2.45) is 0 Å². The molecule has 0 fully saturated rings. The van der Waals surface area contributed by atoms with E-state index in [1.165, 1.54) is 10.9 Å². The molecule has 2 heterocycles. The Morgan fingerprint density at radius 2 is 1.38 bits per heavy atom. The molecule has 0 bridgehead atoms. The molecule has 3 nitrogen and oxygen atoms in total. The first kappa shape index (κ1) is 21.5. The van der Waals surface area contributed by atoms with E-state index in [1.807, 2.05) is 88.9 Å². The Morgan fingerprint density at radius 1 is 0.808 bits per heavy atom. The van der Waals surface area contributed by atoms with Crippen molar-refractivity contribution >= 4 is 16.8 Å². The van der Waals surface area contributed by atoms with Gasteiger partial charge < -0.3 is 9.88 Å². The predicted molar refractivity (Wildman–Crippen MR) is 112 cm³/mol. The Kier molecular flexibility index (Phi) is 9.21. The van der Waals surface area contributed by atoms with E-state index in [4.69, 9.17) is 0 Å². The van der Waals surface area contributed by atoms with Crippen LogP contribution in [0.1, 0.15) is 63.2 Å². The van der Waals surface area contributed by atoms with Gasteiger partial charge in [0.15, 0.2) is 0 Å². The van der Waals surface area contributed by atoms with Gasteiger partial charge in [0.2, 0.25) is 0 Å². The highest BCUT2D eigenvalue weighted by Gasteiger charge is 2.27. The zero-order valence-electron chi connectivity index (χ0n) is 17.0. The average Bonchev–Trinajstić information content (AvgIpc) is 3.31. The number of H-pyrrole nitrogens is 1. The second-order valence-corrected chi connectivity index (χ2v) is 5.15. The van der Waals surface area contributed by atoms with E-state index in [2.05, 4.69) is 17.1 Å². The summed E-state index contributed by atoms with van der Waals surface area (Å²) >= 11 is 0. The number of fused-ring (bicyclic) bond motifs is 3. The molecule has 0 unspecified atom stereocenters. The fourth-order valence-corrected chi connectivity index (χ4v) is 2.92. The number of benzene rings is 2. The van der Waals surface area contributed by atoms with Crippen molar-refractivity contribution in [2.45, 2.75) is 54.6 Å². The Bertz CT molecular complexity index is 790. The Balaban J connectivity index is 0.000000515. The highest BCUT2D eigenvalue weighted by Crippen LogP contribution is 2.30. The summed E-state index contributed by atoms with van der Waals surface area (Å²) < 4.78 is 0. The molecule has 1 N–H and O–H groups in total. The molecule has 2 aromatic carbocycles. The molecule has 0 radical (unpaired) electrons. The lowest BCUT2D eigenvalue weighted by Crippen LogP contribution is -2.25.